The van der Waals surface area contributed by atoms with Crippen molar-refractivity contribution in [3.63, 3.8) is 0 Å². The van der Waals surface area contributed by atoms with Gasteiger partial charge in [-0.25, -0.2) is 4.39 Å². The lowest BCUT2D eigenvalue weighted by atomic mass is 9.93. The minimum absolute atomic E-state index is 0.137. The lowest BCUT2D eigenvalue weighted by Gasteiger charge is -2.25. The summed E-state index contributed by atoms with van der Waals surface area (Å²) < 4.78 is 13.3. The third kappa shape index (κ3) is 2.30. The minimum Gasteiger partial charge on any atom is -0.387 e. The van der Waals surface area contributed by atoms with Crippen molar-refractivity contribution in [3.8, 4) is 0 Å². The highest BCUT2D eigenvalue weighted by Gasteiger charge is 2.28. The summed E-state index contributed by atoms with van der Waals surface area (Å²) in [4.78, 5) is 0. The highest BCUT2D eigenvalue weighted by Crippen LogP contribution is 2.27. The molecule has 2 N–H and O–H groups in total. The van der Waals surface area contributed by atoms with Gasteiger partial charge in [0.1, 0.15) is 11.9 Å². The molecule has 1 aromatic carbocycles. The standard InChI is InChI=1S/C11H15FO2/c1-7-4-5-9(12)8(6-7)10(13)11(2,3)14/h4-6,10,13-14H,1-3H3. The fourth-order valence-corrected chi connectivity index (χ4v) is 1.25. The average molecular weight is 198 g/mol. The van der Waals surface area contributed by atoms with Crippen LogP contribution in [0.4, 0.5) is 4.39 Å². The molecule has 2 nitrogen and oxygen atoms in total. The molecule has 0 heterocycles. The van der Waals surface area contributed by atoms with Gasteiger partial charge in [-0.1, -0.05) is 17.7 Å². The van der Waals surface area contributed by atoms with E-state index in [1.54, 1.807) is 13.0 Å². The van der Waals surface area contributed by atoms with Crippen LogP contribution in [-0.2, 0) is 0 Å². The Morgan fingerprint density at radius 2 is 1.93 bits per heavy atom. The van der Waals surface area contributed by atoms with Crippen molar-refractivity contribution < 1.29 is 14.6 Å². The van der Waals surface area contributed by atoms with E-state index in [0.29, 0.717) is 0 Å². The third-order valence-electron chi connectivity index (χ3n) is 2.12. The lowest BCUT2D eigenvalue weighted by Crippen LogP contribution is -2.29. The summed E-state index contributed by atoms with van der Waals surface area (Å²) >= 11 is 0. The van der Waals surface area contributed by atoms with Crippen molar-refractivity contribution in [1.29, 1.82) is 0 Å². The molecule has 0 saturated carbocycles. The van der Waals surface area contributed by atoms with Gasteiger partial charge in [-0.2, -0.15) is 0 Å². The summed E-state index contributed by atoms with van der Waals surface area (Å²) in [6, 6.07) is 4.45. The highest BCUT2D eigenvalue weighted by molar-refractivity contribution is 5.27. The van der Waals surface area contributed by atoms with Crippen LogP contribution in [0.15, 0.2) is 18.2 Å². The van der Waals surface area contributed by atoms with E-state index in [4.69, 9.17) is 0 Å². The summed E-state index contributed by atoms with van der Waals surface area (Å²) in [7, 11) is 0. The van der Waals surface area contributed by atoms with Crippen molar-refractivity contribution >= 4 is 0 Å². The van der Waals surface area contributed by atoms with Crippen molar-refractivity contribution in [1.82, 2.24) is 0 Å². The molecule has 0 aliphatic carbocycles. The van der Waals surface area contributed by atoms with Gasteiger partial charge >= 0.3 is 0 Å². The fraction of sp³-hybridized carbons (Fsp3) is 0.455. The Balaban J connectivity index is 3.12. The van der Waals surface area contributed by atoms with Gasteiger partial charge in [0.25, 0.3) is 0 Å². The van der Waals surface area contributed by atoms with Gasteiger partial charge in [-0.15, -0.1) is 0 Å². The van der Waals surface area contributed by atoms with Crippen LogP contribution in [0.3, 0.4) is 0 Å². The quantitative estimate of drug-likeness (QED) is 0.762. The lowest BCUT2D eigenvalue weighted by molar-refractivity contribution is -0.0512. The maximum absolute atomic E-state index is 13.3. The van der Waals surface area contributed by atoms with E-state index < -0.39 is 17.5 Å². The number of aliphatic hydroxyl groups is 2. The van der Waals surface area contributed by atoms with E-state index in [1.807, 2.05) is 0 Å². The zero-order chi connectivity index (χ0) is 10.9. The summed E-state index contributed by atoms with van der Waals surface area (Å²) in [6.07, 6.45) is -1.21. The van der Waals surface area contributed by atoms with Crippen molar-refractivity contribution in [2.75, 3.05) is 0 Å². The zero-order valence-electron chi connectivity index (χ0n) is 8.58. The molecule has 1 unspecified atom stereocenters. The second kappa shape index (κ2) is 3.67. The Kier molecular flexibility index (Phi) is 2.92. The first-order valence-corrected chi connectivity index (χ1v) is 4.49. The Morgan fingerprint density at radius 1 is 1.36 bits per heavy atom. The summed E-state index contributed by atoms with van der Waals surface area (Å²) in [5, 5.41) is 19.2. The summed E-state index contributed by atoms with van der Waals surface area (Å²) in [5.74, 6) is -0.495. The first-order valence-electron chi connectivity index (χ1n) is 4.49. The van der Waals surface area contributed by atoms with E-state index in [1.165, 1.54) is 26.0 Å². The SMILES string of the molecule is Cc1ccc(F)c(C(O)C(C)(C)O)c1. The molecule has 1 aromatic rings. The first-order chi connectivity index (χ1) is 6.32. The molecule has 0 saturated heterocycles. The van der Waals surface area contributed by atoms with E-state index in [9.17, 15) is 14.6 Å². The van der Waals surface area contributed by atoms with Gasteiger partial charge < -0.3 is 10.2 Å². The van der Waals surface area contributed by atoms with Gasteiger partial charge in [-0.3, -0.25) is 0 Å². The second-order valence-electron chi connectivity index (χ2n) is 4.08. The number of hydrogen-bond donors (Lipinski definition) is 2. The molecule has 0 fully saturated rings. The monoisotopic (exact) mass is 198 g/mol. The number of rotatable bonds is 2. The maximum atomic E-state index is 13.3. The van der Waals surface area contributed by atoms with E-state index in [0.717, 1.165) is 5.56 Å². The molecule has 78 valence electrons. The Hall–Kier alpha value is -0.930. The van der Waals surface area contributed by atoms with Crippen LogP contribution in [0.5, 0.6) is 0 Å². The third-order valence-corrected chi connectivity index (χ3v) is 2.12. The molecule has 14 heavy (non-hydrogen) atoms. The van der Waals surface area contributed by atoms with Crippen LogP contribution in [0.25, 0.3) is 0 Å². The molecular formula is C11H15FO2. The molecule has 1 rings (SSSR count). The summed E-state index contributed by atoms with van der Waals surface area (Å²) in [6.45, 7) is 4.69. The molecule has 0 aromatic heterocycles. The molecule has 0 spiro atoms. The van der Waals surface area contributed by atoms with Crippen molar-refractivity contribution in [2.24, 2.45) is 0 Å². The molecule has 0 amide bonds. The fourth-order valence-electron chi connectivity index (χ4n) is 1.25. The van der Waals surface area contributed by atoms with E-state index in [2.05, 4.69) is 0 Å². The number of halogens is 1. The largest absolute Gasteiger partial charge is 0.387 e. The Labute approximate surface area is 83.0 Å². The molecule has 3 heteroatoms. The molecular weight excluding hydrogens is 183 g/mol. The second-order valence-corrected chi connectivity index (χ2v) is 4.08. The van der Waals surface area contributed by atoms with Gasteiger partial charge in [-0.05, 0) is 26.8 Å². The predicted molar refractivity (Wildman–Crippen MR) is 52.4 cm³/mol. The number of benzene rings is 1. The van der Waals surface area contributed by atoms with Crippen LogP contribution in [0, 0.1) is 12.7 Å². The number of aliphatic hydroxyl groups excluding tert-OH is 1. The number of hydrogen-bond acceptors (Lipinski definition) is 2. The average Bonchev–Trinajstić information content (AvgIpc) is 2.06. The molecule has 0 bridgehead atoms. The number of aryl methyl sites for hydroxylation is 1. The smallest absolute Gasteiger partial charge is 0.129 e. The first kappa shape index (κ1) is 11.1. The minimum atomic E-state index is -1.34. The normalized spacial score (nSPS) is 14.1. The van der Waals surface area contributed by atoms with Gasteiger partial charge in [0, 0.05) is 5.56 Å². The highest BCUT2D eigenvalue weighted by atomic mass is 19.1. The van der Waals surface area contributed by atoms with E-state index in [-0.39, 0.29) is 5.56 Å². The van der Waals surface area contributed by atoms with Gasteiger partial charge in [0.15, 0.2) is 0 Å². The van der Waals surface area contributed by atoms with Crippen LogP contribution in [0.2, 0.25) is 0 Å². The van der Waals surface area contributed by atoms with Crippen LogP contribution >= 0.6 is 0 Å². The molecule has 1 atom stereocenters. The van der Waals surface area contributed by atoms with Crippen molar-refractivity contribution in [3.05, 3.63) is 35.1 Å². The van der Waals surface area contributed by atoms with Crippen LogP contribution < -0.4 is 0 Å². The van der Waals surface area contributed by atoms with Crippen molar-refractivity contribution in [2.45, 2.75) is 32.5 Å². The van der Waals surface area contributed by atoms with Gasteiger partial charge in [0.2, 0.25) is 0 Å². The predicted octanol–water partition coefficient (Wildman–Crippen LogP) is 1.94. The van der Waals surface area contributed by atoms with Crippen LogP contribution in [0.1, 0.15) is 31.1 Å². The van der Waals surface area contributed by atoms with Gasteiger partial charge in [0.05, 0.1) is 5.60 Å². The topological polar surface area (TPSA) is 40.5 Å². The Bertz CT molecular complexity index is 329. The molecule has 0 radical (unpaired) electrons. The maximum Gasteiger partial charge on any atom is 0.129 e. The molecule has 0 aliphatic heterocycles. The zero-order valence-corrected chi connectivity index (χ0v) is 8.58. The van der Waals surface area contributed by atoms with E-state index >= 15 is 0 Å². The van der Waals surface area contributed by atoms with Crippen LogP contribution in [-0.4, -0.2) is 15.8 Å². The Morgan fingerprint density at radius 3 is 2.43 bits per heavy atom. The molecule has 0 aliphatic rings. The summed E-state index contributed by atoms with van der Waals surface area (Å²) in [5.41, 5.74) is -0.351.